The van der Waals surface area contributed by atoms with E-state index < -0.39 is 5.60 Å². The topological polar surface area (TPSA) is 90.1 Å². The molecule has 0 unspecified atom stereocenters. The number of tetrazole rings is 1. The molecule has 3 aliphatic rings. The Morgan fingerprint density at radius 2 is 1.94 bits per heavy atom. The quantitative estimate of drug-likeness (QED) is 0.655. The number of methoxy groups -OCH3 is 1. The molecule has 7 nitrogen and oxygen atoms in total. The number of aliphatic hydroxyl groups is 1. The predicted octanol–water partition coefficient (Wildman–Crippen LogP) is 4.22. The van der Waals surface area contributed by atoms with Gasteiger partial charge in [0.1, 0.15) is 12.4 Å². The molecule has 33 heavy (non-hydrogen) atoms. The number of carbonyl (C=O) groups is 1. The van der Waals surface area contributed by atoms with Crippen molar-refractivity contribution in [2.45, 2.75) is 98.1 Å². The van der Waals surface area contributed by atoms with E-state index in [1.165, 1.54) is 0 Å². The van der Waals surface area contributed by atoms with Gasteiger partial charge in [-0.2, -0.15) is 0 Å². The fraction of sp³-hybridized carbons (Fsp3) is 0.923. The summed E-state index contributed by atoms with van der Waals surface area (Å²) < 4.78 is 7.54. The summed E-state index contributed by atoms with van der Waals surface area (Å²) in [5, 5.41) is 22.5. The molecule has 3 saturated carbocycles. The number of fused-ring (bicyclic) bond motifs is 1. The molecule has 1 aromatic rings. The van der Waals surface area contributed by atoms with Crippen LogP contribution >= 0.6 is 0 Å². The minimum Gasteiger partial charge on any atom is -0.390 e. The monoisotopic (exact) mass is 460 g/mol. The first kappa shape index (κ1) is 24.8. The molecule has 8 atom stereocenters. The molecule has 4 rings (SSSR count). The van der Waals surface area contributed by atoms with E-state index in [2.05, 4.69) is 36.3 Å². The molecule has 186 valence electrons. The molecule has 0 radical (unpaired) electrons. The molecule has 3 aliphatic carbocycles. The van der Waals surface area contributed by atoms with Crippen molar-refractivity contribution < 1.29 is 14.6 Å². The SMILES string of the molecule is CC[C@H]1C[C@](C)(O)CC[C@]1(COC)[C@H]1CC[C@]2(C)[C@@H](C(=O)Cn3nnnc3C)CC[C@H]2[C@@H]1C. The third-order valence-corrected chi connectivity index (χ3v) is 10.4. The van der Waals surface area contributed by atoms with E-state index >= 15 is 0 Å². The Bertz CT molecular complexity index is 854. The van der Waals surface area contributed by atoms with Crippen molar-refractivity contribution in [2.24, 2.45) is 40.4 Å². The molecule has 1 aromatic heterocycles. The second kappa shape index (κ2) is 9.03. The van der Waals surface area contributed by atoms with Crippen molar-refractivity contribution in [3.8, 4) is 0 Å². The van der Waals surface area contributed by atoms with E-state index in [1.807, 2.05) is 21.0 Å². The summed E-state index contributed by atoms with van der Waals surface area (Å²) in [6.07, 6.45) is 8.16. The van der Waals surface area contributed by atoms with Crippen LogP contribution in [-0.2, 0) is 16.1 Å². The zero-order chi connectivity index (χ0) is 24.0. The highest BCUT2D eigenvalue weighted by atomic mass is 16.5. The van der Waals surface area contributed by atoms with Crippen LogP contribution in [0.4, 0.5) is 0 Å². The van der Waals surface area contributed by atoms with Crippen LogP contribution in [0.5, 0.6) is 0 Å². The number of ether oxygens (including phenoxy) is 1. The van der Waals surface area contributed by atoms with Crippen LogP contribution in [0.15, 0.2) is 0 Å². The van der Waals surface area contributed by atoms with Crippen molar-refractivity contribution >= 4 is 5.78 Å². The van der Waals surface area contributed by atoms with Crippen molar-refractivity contribution in [3.63, 3.8) is 0 Å². The van der Waals surface area contributed by atoms with Gasteiger partial charge in [0.2, 0.25) is 0 Å². The number of rotatable bonds is 7. The molecule has 1 N–H and O–H groups in total. The maximum Gasteiger partial charge on any atom is 0.158 e. The highest BCUT2D eigenvalue weighted by molar-refractivity contribution is 5.82. The summed E-state index contributed by atoms with van der Waals surface area (Å²) in [7, 11) is 1.84. The molecule has 0 amide bonds. The summed E-state index contributed by atoms with van der Waals surface area (Å²) in [5.41, 5.74) is -0.396. The van der Waals surface area contributed by atoms with Gasteiger partial charge in [-0.25, -0.2) is 4.68 Å². The third-order valence-electron chi connectivity index (χ3n) is 10.4. The van der Waals surface area contributed by atoms with Gasteiger partial charge in [0.15, 0.2) is 5.78 Å². The maximum absolute atomic E-state index is 13.4. The van der Waals surface area contributed by atoms with Gasteiger partial charge in [-0.05, 0) is 104 Å². The molecular weight excluding hydrogens is 416 g/mol. The van der Waals surface area contributed by atoms with Crippen LogP contribution in [0.3, 0.4) is 0 Å². The standard InChI is InChI=1S/C26H44N4O3/c1-7-19-14-24(4,32)12-13-26(19,16-33-6)21-10-11-25(5)20(17(21)2)8-9-22(25)23(31)15-30-18(3)27-28-29-30/h17,19-22,32H,7-16H2,1-6H3/t17-,19-,20-,21-,22+,24+,25-,26+/m0/s1. The molecule has 0 aliphatic heterocycles. The van der Waals surface area contributed by atoms with E-state index in [1.54, 1.807) is 4.68 Å². The van der Waals surface area contributed by atoms with Crippen LogP contribution in [0.2, 0.25) is 0 Å². The van der Waals surface area contributed by atoms with Gasteiger partial charge in [0.05, 0.1) is 12.2 Å². The molecule has 0 bridgehead atoms. The van der Waals surface area contributed by atoms with Crippen molar-refractivity contribution in [1.29, 1.82) is 0 Å². The van der Waals surface area contributed by atoms with Crippen LogP contribution in [-0.4, -0.2) is 50.4 Å². The molecule has 0 aromatic carbocycles. The lowest BCUT2D eigenvalue weighted by Crippen LogP contribution is -2.55. The number of ketones is 1. The second-order valence-electron chi connectivity index (χ2n) is 12.1. The van der Waals surface area contributed by atoms with Crippen LogP contribution in [0.1, 0.15) is 84.9 Å². The number of hydrogen-bond acceptors (Lipinski definition) is 6. The smallest absolute Gasteiger partial charge is 0.158 e. The lowest BCUT2D eigenvalue weighted by molar-refractivity contribution is -0.150. The minimum atomic E-state index is -0.566. The van der Waals surface area contributed by atoms with E-state index in [9.17, 15) is 9.90 Å². The van der Waals surface area contributed by atoms with Gasteiger partial charge in [-0.3, -0.25) is 4.79 Å². The number of aromatic nitrogens is 4. The Labute approximate surface area is 199 Å². The zero-order valence-electron chi connectivity index (χ0n) is 21.5. The Morgan fingerprint density at radius 1 is 1.18 bits per heavy atom. The van der Waals surface area contributed by atoms with Crippen LogP contribution in [0.25, 0.3) is 0 Å². The largest absolute Gasteiger partial charge is 0.390 e. The summed E-state index contributed by atoms with van der Waals surface area (Å²) >= 11 is 0. The first-order chi connectivity index (χ1) is 15.6. The van der Waals surface area contributed by atoms with Crippen molar-refractivity contribution in [3.05, 3.63) is 5.82 Å². The summed E-state index contributed by atoms with van der Waals surface area (Å²) in [4.78, 5) is 13.4. The molecule has 0 spiro atoms. The van der Waals surface area contributed by atoms with Crippen molar-refractivity contribution in [2.75, 3.05) is 13.7 Å². The normalized spacial score (nSPS) is 43.4. The fourth-order valence-electron chi connectivity index (χ4n) is 8.64. The van der Waals surface area contributed by atoms with Crippen LogP contribution < -0.4 is 0 Å². The first-order valence-corrected chi connectivity index (χ1v) is 13.0. The van der Waals surface area contributed by atoms with Crippen molar-refractivity contribution in [1.82, 2.24) is 20.2 Å². The molecule has 3 fully saturated rings. The number of Topliss-reactive ketones (excluding diaryl/α,β-unsaturated/α-hetero) is 1. The summed E-state index contributed by atoms with van der Waals surface area (Å²) in [6, 6.07) is 0. The molecule has 7 heteroatoms. The zero-order valence-corrected chi connectivity index (χ0v) is 21.5. The van der Waals surface area contributed by atoms with Gasteiger partial charge in [0, 0.05) is 13.0 Å². The highest BCUT2D eigenvalue weighted by Crippen LogP contribution is 2.64. The summed E-state index contributed by atoms with van der Waals surface area (Å²) in [6.45, 7) is 12.0. The Hall–Kier alpha value is -1.34. The predicted molar refractivity (Wildman–Crippen MR) is 126 cm³/mol. The first-order valence-electron chi connectivity index (χ1n) is 13.0. The fourth-order valence-corrected chi connectivity index (χ4v) is 8.64. The number of aryl methyl sites for hydroxylation is 1. The average Bonchev–Trinajstić information content (AvgIpc) is 3.32. The van der Waals surface area contributed by atoms with Gasteiger partial charge in [0.25, 0.3) is 0 Å². The van der Waals surface area contributed by atoms with E-state index in [0.717, 1.165) is 58.0 Å². The lowest BCUT2D eigenvalue weighted by atomic mass is 9.47. The maximum atomic E-state index is 13.4. The third kappa shape index (κ3) is 4.18. The van der Waals surface area contributed by atoms with Gasteiger partial charge >= 0.3 is 0 Å². The number of carbonyl (C=O) groups excluding carboxylic acids is 1. The molecule has 0 saturated heterocycles. The number of hydrogen-bond donors (Lipinski definition) is 1. The van der Waals surface area contributed by atoms with Gasteiger partial charge in [-0.15, -0.1) is 5.10 Å². The Kier molecular flexibility index (Phi) is 6.78. The van der Waals surface area contributed by atoms with E-state index in [-0.39, 0.29) is 29.1 Å². The van der Waals surface area contributed by atoms with E-state index in [4.69, 9.17) is 4.74 Å². The van der Waals surface area contributed by atoms with Gasteiger partial charge < -0.3 is 9.84 Å². The Morgan fingerprint density at radius 3 is 2.58 bits per heavy atom. The van der Waals surface area contributed by atoms with E-state index in [0.29, 0.717) is 29.5 Å². The number of nitrogens with zero attached hydrogens (tertiary/aromatic N) is 4. The second-order valence-corrected chi connectivity index (χ2v) is 12.1. The highest BCUT2D eigenvalue weighted by Gasteiger charge is 2.60. The lowest BCUT2D eigenvalue weighted by Gasteiger charge is -2.58. The Balaban J connectivity index is 1.56. The molecular formula is C26H44N4O3. The van der Waals surface area contributed by atoms with Crippen LogP contribution in [0, 0.1) is 47.3 Å². The summed E-state index contributed by atoms with van der Waals surface area (Å²) in [5.74, 6) is 3.21. The molecule has 1 heterocycles. The minimum absolute atomic E-state index is 0.0467. The van der Waals surface area contributed by atoms with Gasteiger partial charge in [-0.1, -0.05) is 27.2 Å². The average molecular weight is 461 g/mol.